The summed E-state index contributed by atoms with van der Waals surface area (Å²) in [6.07, 6.45) is 2.04. The number of aryl methyl sites for hydroxylation is 1. The third-order valence-electron chi connectivity index (χ3n) is 3.80. The summed E-state index contributed by atoms with van der Waals surface area (Å²) in [5.74, 6) is 0.429. The van der Waals surface area contributed by atoms with Gasteiger partial charge in [-0.15, -0.1) is 0 Å². The van der Waals surface area contributed by atoms with Crippen LogP contribution in [0, 0.1) is 12.8 Å². The molecule has 2 rings (SSSR count). The molecular weight excluding hydrogens is 326 g/mol. The summed E-state index contributed by atoms with van der Waals surface area (Å²) in [5, 5.41) is 0. The highest BCUT2D eigenvalue weighted by atomic mass is 79.9. The lowest BCUT2D eigenvalue weighted by Gasteiger charge is -2.36. The van der Waals surface area contributed by atoms with Gasteiger partial charge in [-0.2, -0.15) is 4.31 Å². The molecule has 1 fully saturated rings. The van der Waals surface area contributed by atoms with Crippen molar-refractivity contribution in [3.63, 3.8) is 0 Å². The zero-order valence-electron chi connectivity index (χ0n) is 11.6. The van der Waals surface area contributed by atoms with Gasteiger partial charge in [0.05, 0.1) is 4.90 Å². The summed E-state index contributed by atoms with van der Waals surface area (Å²) in [6, 6.07) is 5.50. The van der Waals surface area contributed by atoms with Crippen LogP contribution in [0.5, 0.6) is 0 Å². The van der Waals surface area contributed by atoms with Gasteiger partial charge in [0.25, 0.3) is 0 Å². The van der Waals surface area contributed by atoms with E-state index in [1.54, 1.807) is 10.4 Å². The van der Waals surface area contributed by atoms with Crippen LogP contribution in [0.2, 0.25) is 0 Å². The van der Waals surface area contributed by atoms with E-state index >= 15 is 0 Å². The van der Waals surface area contributed by atoms with E-state index in [9.17, 15) is 8.42 Å². The molecule has 0 N–H and O–H groups in total. The fourth-order valence-corrected chi connectivity index (χ4v) is 5.11. The van der Waals surface area contributed by atoms with E-state index in [-0.39, 0.29) is 6.04 Å². The molecule has 0 bridgehead atoms. The summed E-state index contributed by atoms with van der Waals surface area (Å²) in [5.41, 5.74) is 0.800. The molecule has 1 aliphatic rings. The van der Waals surface area contributed by atoms with Crippen molar-refractivity contribution in [3.05, 3.63) is 28.2 Å². The Morgan fingerprint density at radius 2 is 1.95 bits per heavy atom. The summed E-state index contributed by atoms with van der Waals surface area (Å²) >= 11 is 3.36. The number of rotatable bonds is 2. The van der Waals surface area contributed by atoms with Gasteiger partial charge in [0, 0.05) is 17.1 Å². The van der Waals surface area contributed by atoms with Gasteiger partial charge < -0.3 is 0 Å². The first-order valence-corrected chi connectivity index (χ1v) is 8.83. The maximum Gasteiger partial charge on any atom is 0.243 e. The maximum absolute atomic E-state index is 12.8. The molecule has 0 aromatic heterocycles. The minimum absolute atomic E-state index is 0.0829. The lowest BCUT2D eigenvalue weighted by molar-refractivity contribution is 0.218. The Kier molecular flexibility index (Phi) is 4.38. The monoisotopic (exact) mass is 345 g/mol. The minimum atomic E-state index is -3.39. The fraction of sp³-hybridized carbons (Fsp3) is 0.571. The first-order chi connectivity index (χ1) is 8.82. The van der Waals surface area contributed by atoms with Crippen LogP contribution in [-0.4, -0.2) is 25.3 Å². The Labute approximate surface area is 124 Å². The van der Waals surface area contributed by atoms with Crippen molar-refractivity contribution in [2.24, 2.45) is 5.92 Å². The molecule has 3 nitrogen and oxygen atoms in total. The van der Waals surface area contributed by atoms with Crippen LogP contribution < -0.4 is 0 Å². The van der Waals surface area contributed by atoms with E-state index in [1.807, 2.05) is 26.0 Å². The van der Waals surface area contributed by atoms with Gasteiger partial charge >= 0.3 is 0 Å². The molecule has 2 atom stereocenters. The topological polar surface area (TPSA) is 37.4 Å². The van der Waals surface area contributed by atoms with Crippen LogP contribution in [0.4, 0.5) is 0 Å². The first-order valence-electron chi connectivity index (χ1n) is 6.60. The highest BCUT2D eigenvalue weighted by Crippen LogP contribution is 2.30. The van der Waals surface area contributed by atoms with E-state index in [0.717, 1.165) is 22.9 Å². The van der Waals surface area contributed by atoms with Crippen LogP contribution >= 0.6 is 15.9 Å². The van der Waals surface area contributed by atoms with Gasteiger partial charge in [0.1, 0.15) is 0 Å². The van der Waals surface area contributed by atoms with Crippen LogP contribution in [-0.2, 0) is 10.0 Å². The van der Waals surface area contributed by atoms with Gasteiger partial charge in [0.2, 0.25) is 10.0 Å². The van der Waals surface area contributed by atoms with Gasteiger partial charge in [-0.25, -0.2) is 8.42 Å². The summed E-state index contributed by atoms with van der Waals surface area (Å²) in [6.45, 7) is 6.58. The quantitative estimate of drug-likeness (QED) is 0.821. The Bertz CT molecular complexity index is 571. The number of benzene rings is 1. The SMILES string of the molecule is Cc1ccc(Br)cc1S(=O)(=O)N1CC(C)CCC1C. The molecule has 106 valence electrons. The zero-order valence-corrected chi connectivity index (χ0v) is 14.0. The molecular formula is C14H20BrNO2S. The number of hydrogen-bond acceptors (Lipinski definition) is 2. The first kappa shape index (κ1) is 15.0. The minimum Gasteiger partial charge on any atom is -0.207 e. The van der Waals surface area contributed by atoms with Crippen LogP contribution in [0.1, 0.15) is 32.3 Å². The average Bonchev–Trinajstić information content (AvgIpc) is 2.35. The normalized spacial score (nSPS) is 25.5. The third-order valence-corrected chi connectivity index (χ3v) is 6.41. The Hall–Kier alpha value is -0.390. The molecule has 1 heterocycles. The van der Waals surface area contributed by atoms with Crippen molar-refractivity contribution in [1.29, 1.82) is 0 Å². The molecule has 2 unspecified atom stereocenters. The lowest BCUT2D eigenvalue weighted by atomic mass is 9.97. The molecule has 1 aromatic carbocycles. The predicted octanol–water partition coefficient (Wildman–Crippen LogP) is 3.57. The number of piperidine rings is 1. The molecule has 0 saturated carbocycles. The summed E-state index contributed by atoms with van der Waals surface area (Å²) < 4.78 is 28.1. The molecule has 1 saturated heterocycles. The maximum atomic E-state index is 12.8. The second kappa shape index (κ2) is 5.54. The van der Waals surface area contributed by atoms with E-state index in [4.69, 9.17) is 0 Å². The molecule has 0 amide bonds. The van der Waals surface area contributed by atoms with E-state index in [0.29, 0.717) is 17.4 Å². The van der Waals surface area contributed by atoms with Crippen LogP contribution in [0.25, 0.3) is 0 Å². The van der Waals surface area contributed by atoms with Crippen molar-refractivity contribution < 1.29 is 8.42 Å². The van der Waals surface area contributed by atoms with E-state index < -0.39 is 10.0 Å². The molecule has 0 aliphatic carbocycles. The smallest absolute Gasteiger partial charge is 0.207 e. The number of halogens is 1. The molecule has 1 aliphatic heterocycles. The second-order valence-electron chi connectivity index (χ2n) is 5.52. The average molecular weight is 346 g/mol. The highest BCUT2D eigenvalue weighted by molar-refractivity contribution is 9.10. The van der Waals surface area contributed by atoms with Gasteiger partial charge in [-0.3, -0.25) is 0 Å². The standard InChI is InChI=1S/C14H20BrNO2S/c1-10-4-6-12(3)16(9-10)19(17,18)14-8-13(15)7-5-11(14)2/h5,7-8,10,12H,4,6,9H2,1-3H3. The zero-order chi connectivity index (χ0) is 14.2. The number of hydrogen-bond donors (Lipinski definition) is 0. The number of sulfonamides is 1. The Balaban J connectivity index is 2.44. The Morgan fingerprint density at radius 1 is 1.26 bits per heavy atom. The molecule has 1 aromatic rings. The van der Waals surface area contributed by atoms with Crippen molar-refractivity contribution in [1.82, 2.24) is 4.31 Å². The van der Waals surface area contributed by atoms with Gasteiger partial charge in [-0.05, 0) is 50.3 Å². The second-order valence-corrected chi connectivity index (χ2v) is 8.29. The highest BCUT2D eigenvalue weighted by Gasteiger charge is 2.34. The van der Waals surface area contributed by atoms with Gasteiger partial charge in [-0.1, -0.05) is 28.9 Å². The summed E-state index contributed by atoms with van der Waals surface area (Å²) in [7, 11) is -3.39. The largest absolute Gasteiger partial charge is 0.243 e. The van der Waals surface area contributed by atoms with Gasteiger partial charge in [0.15, 0.2) is 0 Å². The lowest BCUT2D eigenvalue weighted by Crippen LogP contribution is -2.44. The molecule has 5 heteroatoms. The Morgan fingerprint density at radius 3 is 2.63 bits per heavy atom. The van der Waals surface area contributed by atoms with Crippen LogP contribution in [0.15, 0.2) is 27.6 Å². The van der Waals surface area contributed by atoms with Crippen molar-refractivity contribution in [3.8, 4) is 0 Å². The van der Waals surface area contributed by atoms with Crippen molar-refractivity contribution in [2.75, 3.05) is 6.54 Å². The van der Waals surface area contributed by atoms with E-state index in [1.165, 1.54) is 0 Å². The van der Waals surface area contributed by atoms with Crippen molar-refractivity contribution >= 4 is 26.0 Å². The molecule has 19 heavy (non-hydrogen) atoms. The van der Waals surface area contributed by atoms with Crippen LogP contribution in [0.3, 0.4) is 0 Å². The van der Waals surface area contributed by atoms with Crippen molar-refractivity contribution in [2.45, 2.75) is 44.6 Å². The third kappa shape index (κ3) is 3.03. The summed E-state index contributed by atoms with van der Waals surface area (Å²) in [4.78, 5) is 0.419. The number of nitrogens with zero attached hydrogens (tertiary/aromatic N) is 1. The molecule has 0 spiro atoms. The molecule has 0 radical (unpaired) electrons. The van der Waals surface area contributed by atoms with E-state index in [2.05, 4.69) is 22.9 Å². The fourth-order valence-electron chi connectivity index (χ4n) is 2.56. The predicted molar refractivity (Wildman–Crippen MR) is 80.6 cm³/mol.